The van der Waals surface area contributed by atoms with Crippen LogP contribution in [-0.2, 0) is 17.8 Å². The summed E-state index contributed by atoms with van der Waals surface area (Å²) in [7, 11) is 1.84. The summed E-state index contributed by atoms with van der Waals surface area (Å²) in [6.07, 6.45) is 4.92. The molecular weight excluding hydrogens is 276 g/mol. The molecule has 114 valence electrons. The van der Waals surface area contributed by atoms with Gasteiger partial charge in [-0.25, -0.2) is 0 Å². The van der Waals surface area contributed by atoms with Gasteiger partial charge in [-0.15, -0.1) is 0 Å². The fourth-order valence-corrected chi connectivity index (χ4v) is 2.69. The molecule has 1 aromatic carbocycles. The van der Waals surface area contributed by atoms with Crippen LogP contribution in [0, 0.1) is 6.92 Å². The number of benzene rings is 1. The van der Waals surface area contributed by atoms with E-state index in [1.54, 1.807) is 11.2 Å². The highest BCUT2D eigenvalue weighted by atomic mass is 16.3. The number of aryl methyl sites for hydroxylation is 2. The van der Waals surface area contributed by atoms with Gasteiger partial charge in [0.2, 0.25) is 5.91 Å². The minimum absolute atomic E-state index is 0.144. The molecule has 0 atom stereocenters. The van der Waals surface area contributed by atoms with Crippen molar-refractivity contribution in [1.82, 2.24) is 9.88 Å². The van der Waals surface area contributed by atoms with Crippen molar-refractivity contribution in [2.24, 2.45) is 0 Å². The van der Waals surface area contributed by atoms with Crippen molar-refractivity contribution >= 4 is 16.8 Å². The van der Waals surface area contributed by atoms with Crippen LogP contribution in [-0.4, -0.2) is 22.8 Å². The van der Waals surface area contributed by atoms with E-state index in [0.717, 1.165) is 23.3 Å². The van der Waals surface area contributed by atoms with Gasteiger partial charge in [-0.3, -0.25) is 4.79 Å². The van der Waals surface area contributed by atoms with E-state index in [1.165, 1.54) is 10.9 Å². The number of rotatable bonds is 5. The predicted molar refractivity (Wildman–Crippen MR) is 86.5 cm³/mol. The van der Waals surface area contributed by atoms with Gasteiger partial charge in [0, 0.05) is 42.7 Å². The van der Waals surface area contributed by atoms with Crippen LogP contribution < -0.4 is 0 Å². The monoisotopic (exact) mass is 296 g/mol. The van der Waals surface area contributed by atoms with Crippen molar-refractivity contribution in [2.75, 3.05) is 7.05 Å². The van der Waals surface area contributed by atoms with Crippen molar-refractivity contribution in [3.8, 4) is 0 Å². The Hall–Kier alpha value is -2.49. The third kappa shape index (κ3) is 2.91. The molecule has 22 heavy (non-hydrogen) atoms. The molecule has 0 spiro atoms. The smallest absolute Gasteiger partial charge is 0.222 e. The number of nitrogens with zero attached hydrogens (tertiary/aromatic N) is 1. The third-order valence-electron chi connectivity index (χ3n) is 4.08. The van der Waals surface area contributed by atoms with Crippen LogP contribution in [0.5, 0.6) is 0 Å². The average molecular weight is 296 g/mol. The molecule has 4 heteroatoms. The Morgan fingerprint density at radius 2 is 2.05 bits per heavy atom. The molecule has 0 aliphatic carbocycles. The highest BCUT2D eigenvalue weighted by Gasteiger charge is 2.13. The zero-order valence-electron chi connectivity index (χ0n) is 12.9. The van der Waals surface area contributed by atoms with Crippen LogP contribution in [0.25, 0.3) is 10.9 Å². The number of aromatic nitrogens is 1. The van der Waals surface area contributed by atoms with Crippen molar-refractivity contribution in [2.45, 2.75) is 26.3 Å². The van der Waals surface area contributed by atoms with Crippen LogP contribution in [0.2, 0.25) is 0 Å². The molecule has 0 saturated carbocycles. The molecule has 0 radical (unpaired) electrons. The molecule has 3 rings (SSSR count). The Morgan fingerprint density at radius 1 is 1.23 bits per heavy atom. The minimum Gasteiger partial charge on any atom is -0.469 e. The van der Waals surface area contributed by atoms with Crippen LogP contribution >= 0.6 is 0 Å². The van der Waals surface area contributed by atoms with Gasteiger partial charge < -0.3 is 14.3 Å². The number of amides is 1. The standard InChI is InChI=1S/C18H20N2O2/c1-13-15(9-10-22-13)12-20(2)18(21)8-7-14-11-19-17-6-4-3-5-16(14)17/h3-6,9-11,19H,7-8,12H2,1-2H3. The van der Waals surface area contributed by atoms with Crippen LogP contribution in [0.15, 0.2) is 47.2 Å². The quantitative estimate of drug-likeness (QED) is 0.781. The first kappa shape index (κ1) is 14.4. The van der Waals surface area contributed by atoms with Crippen molar-refractivity contribution in [1.29, 1.82) is 0 Å². The Balaban J connectivity index is 1.61. The Labute approximate surface area is 129 Å². The highest BCUT2D eigenvalue weighted by molar-refractivity contribution is 5.84. The number of nitrogens with one attached hydrogen (secondary N) is 1. The number of hydrogen-bond donors (Lipinski definition) is 1. The number of furan rings is 1. The van der Waals surface area contributed by atoms with E-state index in [2.05, 4.69) is 17.1 Å². The lowest BCUT2D eigenvalue weighted by Crippen LogP contribution is -2.26. The van der Waals surface area contributed by atoms with Crippen molar-refractivity contribution in [3.05, 3.63) is 59.7 Å². The molecule has 1 amide bonds. The number of carbonyl (C=O) groups is 1. The number of H-pyrrole nitrogens is 1. The summed E-state index contributed by atoms with van der Waals surface area (Å²) in [5.74, 6) is 1.02. The third-order valence-corrected chi connectivity index (χ3v) is 4.08. The Kier molecular flexibility index (Phi) is 4.00. The Bertz CT molecular complexity index is 785. The molecule has 2 heterocycles. The molecule has 0 aliphatic heterocycles. The molecule has 0 aliphatic rings. The predicted octanol–water partition coefficient (Wildman–Crippen LogP) is 3.66. The van der Waals surface area contributed by atoms with Gasteiger partial charge in [0.25, 0.3) is 0 Å². The highest BCUT2D eigenvalue weighted by Crippen LogP contribution is 2.19. The normalized spacial score (nSPS) is 11.0. The summed E-state index contributed by atoms with van der Waals surface area (Å²) >= 11 is 0. The molecule has 0 bridgehead atoms. The zero-order chi connectivity index (χ0) is 15.5. The summed E-state index contributed by atoms with van der Waals surface area (Å²) < 4.78 is 5.27. The first-order valence-electron chi connectivity index (χ1n) is 7.47. The fraction of sp³-hybridized carbons (Fsp3) is 0.278. The second-order valence-electron chi connectivity index (χ2n) is 5.61. The van der Waals surface area contributed by atoms with Crippen molar-refractivity contribution < 1.29 is 9.21 Å². The fourth-order valence-electron chi connectivity index (χ4n) is 2.69. The first-order valence-corrected chi connectivity index (χ1v) is 7.47. The topological polar surface area (TPSA) is 49.2 Å². The van der Waals surface area contributed by atoms with E-state index in [0.29, 0.717) is 13.0 Å². The SMILES string of the molecule is Cc1occc1CN(C)C(=O)CCc1c[nH]c2ccccc12. The summed E-state index contributed by atoms with van der Waals surface area (Å²) in [6.45, 7) is 2.51. The second kappa shape index (κ2) is 6.10. The van der Waals surface area contributed by atoms with E-state index < -0.39 is 0 Å². The average Bonchev–Trinajstić information content (AvgIpc) is 3.11. The van der Waals surface area contributed by atoms with Gasteiger partial charge in [0.05, 0.1) is 6.26 Å². The van der Waals surface area contributed by atoms with Crippen molar-refractivity contribution in [3.63, 3.8) is 0 Å². The van der Waals surface area contributed by atoms with E-state index in [-0.39, 0.29) is 5.91 Å². The summed E-state index contributed by atoms with van der Waals surface area (Å²) in [5.41, 5.74) is 3.37. The van der Waals surface area contributed by atoms with Crippen LogP contribution in [0.4, 0.5) is 0 Å². The van der Waals surface area contributed by atoms with Gasteiger partial charge in [-0.05, 0) is 31.0 Å². The number of carbonyl (C=O) groups excluding carboxylic acids is 1. The lowest BCUT2D eigenvalue weighted by Gasteiger charge is -2.16. The van der Waals surface area contributed by atoms with E-state index in [9.17, 15) is 4.79 Å². The zero-order valence-corrected chi connectivity index (χ0v) is 12.9. The maximum absolute atomic E-state index is 12.3. The lowest BCUT2D eigenvalue weighted by atomic mass is 10.1. The molecule has 0 fully saturated rings. The van der Waals surface area contributed by atoms with Gasteiger partial charge in [-0.2, -0.15) is 0 Å². The van der Waals surface area contributed by atoms with E-state index in [1.807, 2.05) is 38.4 Å². The van der Waals surface area contributed by atoms with Crippen LogP contribution in [0.3, 0.4) is 0 Å². The maximum atomic E-state index is 12.3. The summed E-state index contributed by atoms with van der Waals surface area (Å²) in [6, 6.07) is 10.1. The molecule has 4 nitrogen and oxygen atoms in total. The van der Waals surface area contributed by atoms with E-state index >= 15 is 0 Å². The van der Waals surface area contributed by atoms with Gasteiger partial charge in [-0.1, -0.05) is 18.2 Å². The summed E-state index contributed by atoms with van der Waals surface area (Å²) in [5, 5.41) is 1.20. The van der Waals surface area contributed by atoms with Gasteiger partial charge in [0.15, 0.2) is 0 Å². The lowest BCUT2D eigenvalue weighted by molar-refractivity contribution is -0.130. The second-order valence-corrected chi connectivity index (χ2v) is 5.61. The summed E-state index contributed by atoms with van der Waals surface area (Å²) in [4.78, 5) is 17.3. The van der Waals surface area contributed by atoms with Crippen LogP contribution in [0.1, 0.15) is 23.3 Å². The minimum atomic E-state index is 0.144. The number of para-hydroxylation sites is 1. The molecule has 2 aromatic heterocycles. The van der Waals surface area contributed by atoms with Gasteiger partial charge in [0.1, 0.15) is 5.76 Å². The molecule has 1 N–H and O–H groups in total. The largest absolute Gasteiger partial charge is 0.469 e. The molecule has 3 aromatic rings. The molecule has 0 saturated heterocycles. The number of fused-ring (bicyclic) bond motifs is 1. The maximum Gasteiger partial charge on any atom is 0.222 e. The molecular formula is C18H20N2O2. The first-order chi connectivity index (χ1) is 10.6. The Morgan fingerprint density at radius 3 is 2.82 bits per heavy atom. The number of aromatic amines is 1. The number of hydrogen-bond acceptors (Lipinski definition) is 2. The van der Waals surface area contributed by atoms with Gasteiger partial charge >= 0.3 is 0 Å². The van der Waals surface area contributed by atoms with E-state index in [4.69, 9.17) is 4.42 Å². The molecule has 0 unspecified atom stereocenters.